The lowest BCUT2D eigenvalue weighted by Crippen LogP contribution is -2.33. The first kappa shape index (κ1) is 14.9. The molecule has 0 radical (unpaired) electrons. The Balaban J connectivity index is 2.82. The van der Waals surface area contributed by atoms with Gasteiger partial charge in [0.25, 0.3) is 5.69 Å². The summed E-state index contributed by atoms with van der Waals surface area (Å²) in [5, 5.41) is 14.0. The third-order valence-corrected chi connectivity index (χ3v) is 2.89. The molecule has 0 atom stereocenters. The summed E-state index contributed by atoms with van der Waals surface area (Å²) >= 11 is 3.22. The van der Waals surface area contributed by atoms with Crippen LogP contribution in [-0.2, 0) is 4.74 Å². The van der Waals surface area contributed by atoms with Crippen molar-refractivity contribution in [2.45, 2.75) is 26.4 Å². The molecule has 0 aliphatic heterocycles. The molecule has 1 aromatic rings. The number of hydrogen-bond acceptors (Lipinski definition) is 4. The van der Waals surface area contributed by atoms with Crippen LogP contribution in [-0.4, -0.2) is 23.7 Å². The van der Waals surface area contributed by atoms with Gasteiger partial charge in [-0.25, -0.2) is 0 Å². The van der Waals surface area contributed by atoms with Crippen molar-refractivity contribution in [3.05, 3.63) is 32.8 Å². The predicted octanol–water partition coefficient (Wildman–Crippen LogP) is 3.58. The first-order chi connectivity index (χ1) is 8.35. The van der Waals surface area contributed by atoms with Gasteiger partial charge in [-0.1, -0.05) is 15.9 Å². The molecule has 1 N–H and O–H groups in total. The minimum Gasteiger partial charge on any atom is -0.377 e. The minimum absolute atomic E-state index is 0.0525. The highest BCUT2D eigenvalue weighted by atomic mass is 79.9. The largest absolute Gasteiger partial charge is 0.377 e. The Hall–Kier alpha value is -1.14. The van der Waals surface area contributed by atoms with E-state index in [2.05, 4.69) is 21.2 Å². The van der Waals surface area contributed by atoms with E-state index in [4.69, 9.17) is 4.74 Å². The second kappa shape index (κ2) is 6.15. The van der Waals surface area contributed by atoms with Gasteiger partial charge in [0, 0.05) is 23.7 Å². The van der Waals surface area contributed by atoms with Gasteiger partial charge in [-0.3, -0.25) is 10.1 Å². The van der Waals surface area contributed by atoms with Crippen molar-refractivity contribution >= 4 is 27.3 Å². The number of anilines is 1. The number of ether oxygens (including phenoxy) is 1. The van der Waals surface area contributed by atoms with Crippen molar-refractivity contribution in [3.63, 3.8) is 0 Å². The zero-order valence-corrected chi connectivity index (χ0v) is 12.3. The number of rotatable bonds is 6. The lowest BCUT2D eigenvalue weighted by atomic mass is 10.1. The maximum atomic E-state index is 10.9. The van der Waals surface area contributed by atoms with Crippen molar-refractivity contribution in [1.82, 2.24) is 0 Å². The van der Waals surface area contributed by atoms with Crippen LogP contribution in [0.5, 0.6) is 0 Å². The molecule has 1 aromatic carbocycles. The van der Waals surface area contributed by atoms with E-state index in [0.29, 0.717) is 23.3 Å². The van der Waals surface area contributed by atoms with Crippen LogP contribution in [0.1, 0.15) is 20.8 Å². The van der Waals surface area contributed by atoms with Gasteiger partial charge in [-0.2, -0.15) is 0 Å². The smallest absolute Gasteiger partial charge is 0.293 e. The van der Waals surface area contributed by atoms with Gasteiger partial charge in [0.15, 0.2) is 0 Å². The fourth-order valence-corrected chi connectivity index (χ4v) is 1.90. The van der Waals surface area contributed by atoms with E-state index >= 15 is 0 Å². The number of nitro groups is 1. The summed E-state index contributed by atoms with van der Waals surface area (Å²) in [4.78, 5) is 10.5. The van der Waals surface area contributed by atoms with Crippen LogP contribution in [0.15, 0.2) is 22.7 Å². The van der Waals surface area contributed by atoms with Crippen LogP contribution < -0.4 is 5.32 Å². The number of benzene rings is 1. The fourth-order valence-electron chi connectivity index (χ4n) is 1.56. The Morgan fingerprint density at radius 1 is 1.50 bits per heavy atom. The normalized spacial score (nSPS) is 11.3. The maximum Gasteiger partial charge on any atom is 0.293 e. The number of hydrogen-bond donors (Lipinski definition) is 1. The Morgan fingerprint density at radius 2 is 2.17 bits per heavy atom. The molecule has 0 fully saturated rings. The van der Waals surface area contributed by atoms with Crippen molar-refractivity contribution < 1.29 is 9.66 Å². The lowest BCUT2D eigenvalue weighted by molar-refractivity contribution is -0.384. The molecule has 0 aliphatic rings. The molecular weight excluding hydrogens is 300 g/mol. The molecule has 0 amide bonds. The van der Waals surface area contributed by atoms with E-state index in [-0.39, 0.29) is 11.3 Å². The summed E-state index contributed by atoms with van der Waals surface area (Å²) in [5.41, 5.74) is 0.183. The van der Waals surface area contributed by atoms with Gasteiger partial charge in [0.1, 0.15) is 5.69 Å². The summed E-state index contributed by atoms with van der Waals surface area (Å²) < 4.78 is 6.22. The third kappa shape index (κ3) is 4.27. The van der Waals surface area contributed by atoms with E-state index in [1.807, 2.05) is 20.8 Å². The summed E-state index contributed by atoms with van der Waals surface area (Å²) in [6.07, 6.45) is 0. The molecule has 6 heteroatoms. The highest BCUT2D eigenvalue weighted by molar-refractivity contribution is 9.10. The fraction of sp³-hybridized carbons (Fsp3) is 0.500. The van der Waals surface area contributed by atoms with Gasteiger partial charge >= 0.3 is 0 Å². The first-order valence-corrected chi connectivity index (χ1v) is 6.47. The van der Waals surface area contributed by atoms with Gasteiger partial charge < -0.3 is 10.1 Å². The Bertz CT molecular complexity index is 435. The summed E-state index contributed by atoms with van der Waals surface area (Å²) in [6, 6.07) is 4.93. The molecule has 0 saturated carbocycles. The second-order valence-corrected chi connectivity index (χ2v) is 5.38. The monoisotopic (exact) mass is 316 g/mol. The molecule has 0 aromatic heterocycles. The van der Waals surface area contributed by atoms with Crippen LogP contribution >= 0.6 is 15.9 Å². The molecule has 0 unspecified atom stereocenters. The number of halogens is 1. The SMILES string of the molecule is CCOC(C)(C)CNc1ccc(Br)cc1[N+](=O)[O-]. The molecule has 1 rings (SSSR count). The van der Waals surface area contributed by atoms with Crippen LogP contribution in [0, 0.1) is 10.1 Å². The molecule has 18 heavy (non-hydrogen) atoms. The lowest BCUT2D eigenvalue weighted by Gasteiger charge is -2.25. The quantitative estimate of drug-likeness (QED) is 0.643. The zero-order chi connectivity index (χ0) is 13.8. The van der Waals surface area contributed by atoms with E-state index in [1.165, 1.54) is 6.07 Å². The summed E-state index contributed by atoms with van der Waals surface area (Å²) in [7, 11) is 0. The predicted molar refractivity (Wildman–Crippen MR) is 75.0 cm³/mol. The Kier molecular flexibility index (Phi) is 5.10. The van der Waals surface area contributed by atoms with Crippen molar-refractivity contribution in [3.8, 4) is 0 Å². The van der Waals surface area contributed by atoms with Crippen LogP contribution in [0.25, 0.3) is 0 Å². The maximum absolute atomic E-state index is 10.9. The van der Waals surface area contributed by atoms with E-state index in [9.17, 15) is 10.1 Å². The highest BCUT2D eigenvalue weighted by Gasteiger charge is 2.20. The van der Waals surface area contributed by atoms with Crippen molar-refractivity contribution in [1.29, 1.82) is 0 Å². The van der Waals surface area contributed by atoms with E-state index in [0.717, 1.165) is 0 Å². The summed E-state index contributed by atoms with van der Waals surface area (Å²) in [5.74, 6) is 0. The minimum atomic E-state index is -0.402. The first-order valence-electron chi connectivity index (χ1n) is 5.67. The zero-order valence-electron chi connectivity index (χ0n) is 10.7. The second-order valence-electron chi connectivity index (χ2n) is 4.46. The average molecular weight is 317 g/mol. The third-order valence-electron chi connectivity index (χ3n) is 2.40. The molecule has 0 spiro atoms. The molecule has 0 saturated heterocycles. The Labute approximate surface area is 115 Å². The van der Waals surface area contributed by atoms with Crippen molar-refractivity contribution in [2.75, 3.05) is 18.5 Å². The molecular formula is C12H17BrN2O3. The molecule has 0 aliphatic carbocycles. The van der Waals surface area contributed by atoms with E-state index < -0.39 is 4.92 Å². The highest BCUT2D eigenvalue weighted by Crippen LogP contribution is 2.28. The summed E-state index contributed by atoms with van der Waals surface area (Å²) in [6.45, 7) is 6.91. The van der Waals surface area contributed by atoms with Gasteiger partial charge in [-0.15, -0.1) is 0 Å². The molecule has 5 nitrogen and oxygen atoms in total. The molecule has 0 bridgehead atoms. The van der Waals surface area contributed by atoms with Gasteiger partial charge in [0.05, 0.1) is 10.5 Å². The topological polar surface area (TPSA) is 64.4 Å². The van der Waals surface area contributed by atoms with Gasteiger partial charge in [-0.05, 0) is 32.9 Å². The standard InChI is InChI=1S/C12H17BrN2O3/c1-4-18-12(2,3)8-14-10-6-5-9(13)7-11(10)15(16)17/h5-7,14H,4,8H2,1-3H3. The van der Waals surface area contributed by atoms with Crippen molar-refractivity contribution in [2.24, 2.45) is 0 Å². The molecule has 100 valence electrons. The van der Waals surface area contributed by atoms with Crippen LogP contribution in [0.4, 0.5) is 11.4 Å². The van der Waals surface area contributed by atoms with E-state index in [1.54, 1.807) is 12.1 Å². The van der Waals surface area contributed by atoms with Gasteiger partial charge in [0.2, 0.25) is 0 Å². The Morgan fingerprint density at radius 3 is 2.72 bits per heavy atom. The van der Waals surface area contributed by atoms with Crippen LogP contribution in [0.2, 0.25) is 0 Å². The molecule has 0 heterocycles. The average Bonchev–Trinajstić information content (AvgIpc) is 2.27. The number of nitrogens with one attached hydrogen (secondary N) is 1. The number of nitrogens with zero attached hydrogens (tertiary/aromatic N) is 1. The number of nitro benzene ring substituents is 1. The van der Waals surface area contributed by atoms with Crippen LogP contribution in [0.3, 0.4) is 0 Å².